The minimum atomic E-state index is -0.510. The summed E-state index contributed by atoms with van der Waals surface area (Å²) in [7, 11) is 1.32. The predicted octanol–water partition coefficient (Wildman–Crippen LogP) is 6.70. The van der Waals surface area contributed by atoms with Crippen molar-refractivity contribution in [1.82, 2.24) is 0 Å². The maximum atomic E-state index is 12.5. The topological polar surface area (TPSA) is 64.6 Å². The summed E-state index contributed by atoms with van der Waals surface area (Å²) >= 11 is 8.17. The fourth-order valence-corrected chi connectivity index (χ4v) is 4.79. The molecule has 31 heavy (non-hydrogen) atoms. The number of thiophene rings is 1. The standard InChI is InChI=1S/C23H21Br2NO4S/c1-3-4-14-5-10-19(18(25)11-14)30-12-20(27)26-22-21(23(28)29-2)17(13-31-22)15-6-8-16(24)9-7-15/h5-11,13H,3-4,12H2,1-2H3,(H,26,27). The number of nitrogens with one attached hydrogen (secondary N) is 1. The average molecular weight is 567 g/mol. The number of benzene rings is 2. The Bertz CT molecular complexity index is 1080. The normalized spacial score (nSPS) is 10.6. The number of halogens is 2. The second-order valence-electron chi connectivity index (χ2n) is 6.70. The molecule has 5 nitrogen and oxygen atoms in total. The van der Waals surface area contributed by atoms with Crippen LogP contribution in [-0.2, 0) is 16.0 Å². The van der Waals surface area contributed by atoms with E-state index in [-0.39, 0.29) is 12.5 Å². The molecule has 0 saturated carbocycles. The van der Waals surface area contributed by atoms with Gasteiger partial charge in [0.05, 0.1) is 11.6 Å². The number of aryl methyl sites for hydroxylation is 1. The molecule has 0 bridgehead atoms. The van der Waals surface area contributed by atoms with E-state index in [1.165, 1.54) is 24.0 Å². The maximum absolute atomic E-state index is 12.5. The second-order valence-corrected chi connectivity index (χ2v) is 9.35. The van der Waals surface area contributed by atoms with Crippen LogP contribution in [-0.4, -0.2) is 25.6 Å². The van der Waals surface area contributed by atoms with Gasteiger partial charge in [0, 0.05) is 15.4 Å². The van der Waals surface area contributed by atoms with E-state index in [0.717, 1.165) is 27.4 Å². The fourth-order valence-electron chi connectivity index (χ4n) is 3.01. The average Bonchev–Trinajstić information content (AvgIpc) is 3.16. The van der Waals surface area contributed by atoms with Gasteiger partial charge in [-0.2, -0.15) is 0 Å². The minimum Gasteiger partial charge on any atom is -0.483 e. The highest BCUT2D eigenvalue weighted by Crippen LogP contribution is 2.36. The van der Waals surface area contributed by atoms with E-state index in [1.807, 2.05) is 47.8 Å². The molecule has 2 aromatic carbocycles. The first kappa shape index (κ1) is 23.5. The Hall–Kier alpha value is -2.16. The lowest BCUT2D eigenvalue weighted by Gasteiger charge is -2.11. The van der Waals surface area contributed by atoms with Crippen molar-refractivity contribution in [3.63, 3.8) is 0 Å². The maximum Gasteiger partial charge on any atom is 0.341 e. The Balaban J connectivity index is 1.74. The number of hydrogen-bond acceptors (Lipinski definition) is 5. The van der Waals surface area contributed by atoms with Crippen LogP contribution in [0.2, 0.25) is 0 Å². The Kier molecular flexibility index (Phi) is 8.28. The molecule has 0 atom stereocenters. The zero-order chi connectivity index (χ0) is 22.4. The SMILES string of the molecule is CCCc1ccc(OCC(=O)Nc2scc(-c3ccc(Br)cc3)c2C(=O)OC)c(Br)c1. The van der Waals surface area contributed by atoms with Gasteiger partial charge in [0.2, 0.25) is 0 Å². The van der Waals surface area contributed by atoms with Crippen LogP contribution >= 0.6 is 43.2 Å². The van der Waals surface area contributed by atoms with Crippen LogP contribution in [0.1, 0.15) is 29.3 Å². The number of esters is 1. The molecule has 0 unspecified atom stereocenters. The van der Waals surface area contributed by atoms with Gasteiger partial charge in [-0.05, 0) is 57.7 Å². The smallest absolute Gasteiger partial charge is 0.341 e. The van der Waals surface area contributed by atoms with Crippen molar-refractivity contribution < 1.29 is 19.1 Å². The number of anilines is 1. The van der Waals surface area contributed by atoms with Gasteiger partial charge in [-0.3, -0.25) is 4.79 Å². The summed E-state index contributed by atoms with van der Waals surface area (Å²) in [4.78, 5) is 25.0. The third-order valence-electron chi connectivity index (χ3n) is 4.48. The van der Waals surface area contributed by atoms with Gasteiger partial charge < -0.3 is 14.8 Å². The molecular formula is C23H21Br2NO4S. The van der Waals surface area contributed by atoms with E-state index >= 15 is 0 Å². The van der Waals surface area contributed by atoms with Crippen LogP contribution in [0, 0.1) is 0 Å². The number of carbonyl (C=O) groups is 2. The lowest BCUT2D eigenvalue weighted by molar-refractivity contribution is -0.118. The number of carbonyl (C=O) groups excluding carboxylic acids is 2. The molecule has 0 fully saturated rings. The third-order valence-corrected chi connectivity index (χ3v) is 6.53. The van der Waals surface area contributed by atoms with Gasteiger partial charge in [0.15, 0.2) is 6.61 Å². The number of hydrogen-bond donors (Lipinski definition) is 1. The number of ether oxygens (including phenoxy) is 2. The number of methoxy groups -OCH3 is 1. The monoisotopic (exact) mass is 565 g/mol. The number of amides is 1. The van der Waals surface area contributed by atoms with Crippen LogP contribution in [0.25, 0.3) is 11.1 Å². The van der Waals surface area contributed by atoms with E-state index in [4.69, 9.17) is 9.47 Å². The van der Waals surface area contributed by atoms with E-state index in [0.29, 0.717) is 21.9 Å². The van der Waals surface area contributed by atoms with Gasteiger partial charge in [-0.1, -0.05) is 47.5 Å². The quantitative estimate of drug-likeness (QED) is 0.308. The molecule has 0 aliphatic rings. The van der Waals surface area contributed by atoms with E-state index in [2.05, 4.69) is 44.1 Å². The van der Waals surface area contributed by atoms with Gasteiger partial charge >= 0.3 is 5.97 Å². The molecule has 0 aliphatic heterocycles. The highest BCUT2D eigenvalue weighted by atomic mass is 79.9. The van der Waals surface area contributed by atoms with Crippen LogP contribution in [0.5, 0.6) is 5.75 Å². The van der Waals surface area contributed by atoms with Crippen molar-refractivity contribution in [1.29, 1.82) is 0 Å². The second kappa shape index (κ2) is 10.9. The number of rotatable bonds is 8. The summed E-state index contributed by atoms with van der Waals surface area (Å²) in [6.07, 6.45) is 2.04. The molecular weight excluding hydrogens is 546 g/mol. The largest absolute Gasteiger partial charge is 0.483 e. The Morgan fingerprint density at radius 2 is 1.84 bits per heavy atom. The lowest BCUT2D eigenvalue weighted by atomic mass is 10.0. The molecule has 3 aromatic rings. The zero-order valence-corrected chi connectivity index (χ0v) is 21.0. The molecule has 0 saturated heterocycles. The highest BCUT2D eigenvalue weighted by molar-refractivity contribution is 9.10. The molecule has 162 valence electrons. The summed E-state index contributed by atoms with van der Waals surface area (Å²) in [6, 6.07) is 13.4. The summed E-state index contributed by atoms with van der Waals surface area (Å²) < 4.78 is 12.3. The van der Waals surface area contributed by atoms with Crippen molar-refractivity contribution in [3.05, 3.63) is 67.9 Å². The van der Waals surface area contributed by atoms with Crippen LogP contribution in [0.3, 0.4) is 0 Å². The summed E-state index contributed by atoms with van der Waals surface area (Å²) in [5.41, 5.74) is 3.09. The fraction of sp³-hybridized carbons (Fsp3) is 0.217. The van der Waals surface area contributed by atoms with Crippen molar-refractivity contribution in [2.45, 2.75) is 19.8 Å². The minimum absolute atomic E-state index is 0.183. The molecule has 0 radical (unpaired) electrons. The van der Waals surface area contributed by atoms with Gasteiger partial charge in [0.25, 0.3) is 5.91 Å². The van der Waals surface area contributed by atoms with Gasteiger partial charge in [-0.15, -0.1) is 11.3 Å². The van der Waals surface area contributed by atoms with Gasteiger partial charge in [-0.25, -0.2) is 4.79 Å². The van der Waals surface area contributed by atoms with Crippen LogP contribution in [0.15, 0.2) is 56.8 Å². The van der Waals surface area contributed by atoms with Gasteiger partial charge in [0.1, 0.15) is 16.3 Å². The third kappa shape index (κ3) is 5.96. The Labute approximate surface area is 202 Å². The van der Waals surface area contributed by atoms with Crippen molar-refractivity contribution >= 4 is 60.1 Å². The first-order valence-corrected chi connectivity index (χ1v) is 12.1. The molecule has 1 aromatic heterocycles. The molecule has 3 rings (SSSR count). The zero-order valence-electron chi connectivity index (χ0n) is 17.0. The molecule has 8 heteroatoms. The molecule has 1 heterocycles. The first-order chi connectivity index (χ1) is 14.9. The van der Waals surface area contributed by atoms with Crippen LogP contribution in [0.4, 0.5) is 5.00 Å². The van der Waals surface area contributed by atoms with E-state index < -0.39 is 5.97 Å². The lowest BCUT2D eigenvalue weighted by Crippen LogP contribution is -2.21. The van der Waals surface area contributed by atoms with E-state index in [9.17, 15) is 9.59 Å². The molecule has 0 spiro atoms. The summed E-state index contributed by atoms with van der Waals surface area (Å²) in [5, 5.41) is 5.03. The molecule has 1 N–H and O–H groups in total. The summed E-state index contributed by atoms with van der Waals surface area (Å²) in [5.74, 6) is -0.284. The molecule has 0 aliphatic carbocycles. The van der Waals surface area contributed by atoms with Crippen molar-refractivity contribution in [3.8, 4) is 16.9 Å². The Morgan fingerprint density at radius 3 is 2.48 bits per heavy atom. The highest BCUT2D eigenvalue weighted by Gasteiger charge is 2.22. The van der Waals surface area contributed by atoms with Crippen molar-refractivity contribution in [2.24, 2.45) is 0 Å². The molecule has 1 amide bonds. The van der Waals surface area contributed by atoms with E-state index in [1.54, 1.807) is 0 Å². The van der Waals surface area contributed by atoms with Crippen molar-refractivity contribution in [2.75, 3.05) is 19.0 Å². The first-order valence-electron chi connectivity index (χ1n) is 9.59. The summed E-state index contributed by atoms with van der Waals surface area (Å²) in [6.45, 7) is 1.94. The van der Waals surface area contributed by atoms with Crippen LogP contribution < -0.4 is 10.1 Å². The Morgan fingerprint density at radius 1 is 1.10 bits per heavy atom. The predicted molar refractivity (Wildman–Crippen MR) is 131 cm³/mol.